The maximum atomic E-state index is 12.0. The van der Waals surface area contributed by atoms with Gasteiger partial charge in [0.1, 0.15) is 11.5 Å². The summed E-state index contributed by atoms with van der Waals surface area (Å²) in [5.41, 5.74) is 1.31. The van der Waals surface area contributed by atoms with Crippen molar-refractivity contribution >= 4 is 29.6 Å². The molecule has 0 aliphatic rings. The number of hydrogen-bond acceptors (Lipinski definition) is 6. The van der Waals surface area contributed by atoms with Crippen LogP contribution in [0.2, 0.25) is 5.02 Å². The van der Waals surface area contributed by atoms with E-state index in [4.69, 9.17) is 25.5 Å². The number of anilines is 1. The molecule has 7 nitrogen and oxygen atoms in total. The fourth-order valence-corrected chi connectivity index (χ4v) is 2.48. The van der Waals surface area contributed by atoms with Crippen LogP contribution in [0.4, 0.5) is 6.01 Å². The number of halogens is 1. The first kappa shape index (κ1) is 18.5. The number of aromatic nitrogens is 2. The van der Waals surface area contributed by atoms with Crippen molar-refractivity contribution in [1.29, 1.82) is 0 Å². The molecule has 0 unspecified atom stereocenters. The number of benzene rings is 2. The average Bonchev–Trinajstić information content (AvgIpc) is 3.15. The lowest BCUT2D eigenvalue weighted by Gasteiger charge is -2.07. The normalized spacial score (nSPS) is 10.8. The Morgan fingerprint density at radius 2 is 1.96 bits per heavy atom. The van der Waals surface area contributed by atoms with Crippen molar-refractivity contribution in [3.63, 3.8) is 0 Å². The molecular weight excluding hydrogens is 370 g/mol. The molecule has 0 spiro atoms. The van der Waals surface area contributed by atoms with E-state index in [2.05, 4.69) is 15.5 Å². The number of carbonyl (C=O) groups excluding carboxylic acids is 1. The van der Waals surface area contributed by atoms with Crippen LogP contribution in [0.15, 0.2) is 53.0 Å². The summed E-state index contributed by atoms with van der Waals surface area (Å²) >= 11 is 6.04. The van der Waals surface area contributed by atoms with Gasteiger partial charge in [0.25, 0.3) is 11.8 Å². The highest BCUT2D eigenvalue weighted by Crippen LogP contribution is 2.33. The quantitative estimate of drug-likeness (QED) is 0.644. The van der Waals surface area contributed by atoms with Crippen molar-refractivity contribution in [2.45, 2.75) is 0 Å². The molecule has 1 N–H and O–H groups in total. The maximum Gasteiger partial charge on any atom is 0.322 e. The Morgan fingerprint density at radius 1 is 1.15 bits per heavy atom. The molecule has 138 valence electrons. The van der Waals surface area contributed by atoms with E-state index in [0.29, 0.717) is 22.1 Å². The predicted octanol–water partition coefficient (Wildman–Crippen LogP) is 4.06. The molecule has 0 atom stereocenters. The molecule has 0 aliphatic carbocycles. The third kappa shape index (κ3) is 4.45. The Morgan fingerprint density at radius 3 is 2.70 bits per heavy atom. The number of ether oxygens (including phenoxy) is 2. The summed E-state index contributed by atoms with van der Waals surface area (Å²) in [6, 6.07) is 12.3. The minimum Gasteiger partial charge on any atom is -0.497 e. The van der Waals surface area contributed by atoms with E-state index in [1.165, 1.54) is 13.2 Å². The topological polar surface area (TPSA) is 86.5 Å². The third-order valence-electron chi connectivity index (χ3n) is 3.61. The molecule has 0 saturated carbocycles. The van der Waals surface area contributed by atoms with Gasteiger partial charge in [-0.1, -0.05) is 34.9 Å². The lowest BCUT2D eigenvalue weighted by atomic mass is 10.2. The number of rotatable bonds is 6. The average molecular weight is 386 g/mol. The van der Waals surface area contributed by atoms with Crippen LogP contribution < -0.4 is 14.8 Å². The van der Waals surface area contributed by atoms with Gasteiger partial charge in [-0.3, -0.25) is 10.1 Å². The number of nitrogens with one attached hydrogen (secondary N) is 1. The zero-order valence-corrected chi connectivity index (χ0v) is 15.4. The Kier molecular flexibility index (Phi) is 5.73. The van der Waals surface area contributed by atoms with Crippen molar-refractivity contribution in [2.24, 2.45) is 0 Å². The Hall–Kier alpha value is -3.32. The Balaban J connectivity index is 1.73. The summed E-state index contributed by atoms with van der Waals surface area (Å²) in [4.78, 5) is 12.0. The van der Waals surface area contributed by atoms with E-state index < -0.39 is 5.91 Å². The van der Waals surface area contributed by atoms with Crippen LogP contribution in [0.1, 0.15) is 5.56 Å². The van der Waals surface area contributed by atoms with E-state index in [9.17, 15) is 4.79 Å². The van der Waals surface area contributed by atoms with Crippen LogP contribution in [0.3, 0.4) is 0 Å². The molecule has 1 aromatic heterocycles. The minimum absolute atomic E-state index is 0.0309. The number of hydrogen-bond donors (Lipinski definition) is 1. The predicted molar refractivity (Wildman–Crippen MR) is 102 cm³/mol. The summed E-state index contributed by atoms with van der Waals surface area (Å²) in [6.45, 7) is 0. The van der Waals surface area contributed by atoms with E-state index in [-0.39, 0.29) is 11.9 Å². The summed E-state index contributed by atoms with van der Waals surface area (Å²) in [5, 5.41) is 10.8. The lowest BCUT2D eigenvalue weighted by molar-refractivity contribution is -0.112. The van der Waals surface area contributed by atoms with Gasteiger partial charge in [-0.25, -0.2) is 0 Å². The molecule has 0 bridgehead atoms. The molecule has 8 heteroatoms. The van der Waals surface area contributed by atoms with Gasteiger partial charge in [-0.2, -0.15) is 0 Å². The zero-order valence-electron chi connectivity index (χ0n) is 14.6. The molecular formula is C19H16ClN3O4. The van der Waals surface area contributed by atoms with Crippen LogP contribution >= 0.6 is 11.6 Å². The number of amides is 1. The van der Waals surface area contributed by atoms with Gasteiger partial charge in [-0.05, 0) is 29.8 Å². The van der Waals surface area contributed by atoms with Crippen molar-refractivity contribution < 1.29 is 18.7 Å². The first-order valence-electron chi connectivity index (χ1n) is 7.90. The van der Waals surface area contributed by atoms with E-state index >= 15 is 0 Å². The molecule has 0 aliphatic heterocycles. The van der Waals surface area contributed by atoms with E-state index in [0.717, 1.165) is 5.56 Å². The molecule has 3 rings (SSSR count). The van der Waals surface area contributed by atoms with E-state index in [1.807, 2.05) is 12.1 Å². The van der Waals surface area contributed by atoms with Gasteiger partial charge in [0.05, 0.1) is 19.8 Å². The van der Waals surface area contributed by atoms with Crippen LogP contribution in [0.25, 0.3) is 17.5 Å². The molecule has 27 heavy (non-hydrogen) atoms. The van der Waals surface area contributed by atoms with Gasteiger partial charge in [0.15, 0.2) is 0 Å². The molecule has 0 fully saturated rings. The SMILES string of the molecule is COc1ccc(-c2nnc(NC(=O)C=Cc3ccccc3Cl)o2)c(OC)c1. The largest absolute Gasteiger partial charge is 0.497 e. The molecule has 1 amide bonds. The second-order valence-electron chi connectivity index (χ2n) is 5.32. The van der Waals surface area contributed by atoms with E-state index in [1.54, 1.807) is 43.5 Å². The maximum absolute atomic E-state index is 12.0. The highest BCUT2D eigenvalue weighted by Gasteiger charge is 2.15. The molecule has 3 aromatic rings. The van der Waals surface area contributed by atoms with Crippen molar-refractivity contribution in [3.05, 3.63) is 59.1 Å². The first-order valence-corrected chi connectivity index (χ1v) is 8.28. The summed E-state index contributed by atoms with van der Waals surface area (Å²) in [5.74, 6) is 0.926. The number of nitrogens with zero attached hydrogens (tertiary/aromatic N) is 2. The van der Waals surface area contributed by atoms with Gasteiger partial charge in [0.2, 0.25) is 0 Å². The van der Waals surface area contributed by atoms with Crippen LogP contribution in [-0.2, 0) is 4.79 Å². The van der Waals surface area contributed by atoms with Crippen molar-refractivity contribution in [3.8, 4) is 23.0 Å². The first-order chi connectivity index (χ1) is 13.1. The smallest absolute Gasteiger partial charge is 0.322 e. The molecule has 0 radical (unpaired) electrons. The third-order valence-corrected chi connectivity index (χ3v) is 3.96. The van der Waals surface area contributed by atoms with Crippen LogP contribution in [0.5, 0.6) is 11.5 Å². The molecule has 2 aromatic carbocycles. The Labute approximate surface area is 160 Å². The van der Waals surface area contributed by atoms with Crippen LogP contribution in [0, 0.1) is 0 Å². The fourth-order valence-electron chi connectivity index (χ4n) is 2.28. The van der Waals surface area contributed by atoms with Crippen LogP contribution in [-0.4, -0.2) is 30.3 Å². The van der Waals surface area contributed by atoms with Crippen molar-refractivity contribution in [1.82, 2.24) is 10.2 Å². The monoisotopic (exact) mass is 385 g/mol. The minimum atomic E-state index is -0.424. The second kappa shape index (κ2) is 8.37. The standard InChI is InChI=1S/C19H16ClN3O4/c1-25-13-8-9-14(16(11-13)26-2)18-22-23-19(27-18)21-17(24)10-7-12-5-3-4-6-15(12)20/h3-11H,1-2H3,(H,21,23,24). The Bertz CT molecular complexity index is 985. The second-order valence-corrected chi connectivity index (χ2v) is 5.73. The van der Waals surface area contributed by atoms with Gasteiger partial charge in [-0.15, -0.1) is 5.10 Å². The lowest BCUT2D eigenvalue weighted by Crippen LogP contribution is -2.07. The summed E-state index contributed by atoms with van der Waals surface area (Å²) < 4.78 is 16.0. The zero-order chi connectivity index (χ0) is 19.2. The number of methoxy groups -OCH3 is 2. The van der Waals surface area contributed by atoms with Gasteiger partial charge in [0, 0.05) is 17.2 Å². The number of carbonyl (C=O) groups is 1. The highest BCUT2D eigenvalue weighted by atomic mass is 35.5. The van der Waals surface area contributed by atoms with Crippen molar-refractivity contribution in [2.75, 3.05) is 19.5 Å². The van der Waals surface area contributed by atoms with Gasteiger partial charge < -0.3 is 13.9 Å². The summed E-state index contributed by atoms with van der Waals surface area (Å²) in [7, 11) is 3.09. The summed E-state index contributed by atoms with van der Waals surface area (Å²) in [6.07, 6.45) is 2.93. The van der Waals surface area contributed by atoms with Gasteiger partial charge >= 0.3 is 6.01 Å². The fraction of sp³-hybridized carbons (Fsp3) is 0.105. The highest BCUT2D eigenvalue weighted by molar-refractivity contribution is 6.32. The molecule has 1 heterocycles. The molecule has 0 saturated heterocycles.